The minimum absolute atomic E-state index is 0.228. The van der Waals surface area contributed by atoms with Crippen LogP contribution in [0.25, 0.3) is 0 Å². The van der Waals surface area contributed by atoms with Gasteiger partial charge in [0.15, 0.2) is 0 Å². The summed E-state index contributed by atoms with van der Waals surface area (Å²) < 4.78 is 6.65. The number of hydrogen-bond acceptors (Lipinski definition) is 3. The minimum Gasteiger partial charge on any atom is -0.453 e. The van der Waals surface area contributed by atoms with E-state index in [9.17, 15) is 4.79 Å². The van der Waals surface area contributed by atoms with Crippen LogP contribution in [0, 0.1) is 0 Å². The van der Waals surface area contributed by atoms with Gasteiger partial charge in [-0.05, 0) is 18.9 Å². The molecule has 1 amide bonds. The van der Waals surface area contributed by atoms with Gasteiger partial charge in [0.2, 0.25) is 0 Å². The van der Waals surface area contributed by atoms with Gasteiger partial charge in [-0.1, -0.05) is 0 Å². The average molecular weight is 209 g/mol. The van der Waals surface area contributed by atoms with Crippen LogP contribution in [0.1, 0.15) is 18.9 Å². The predicted octanol–water partition coefficient (Wildman–Crippen LogP) is 1.29. The third kappa shape index (κ3) is 2.11. The van der Waals surface area contributed by atoms with E-state index in [0.717, 1.165) is 25.9 Å². The van der Waals surface area contributed by atoms with Gasteiger partial charge < -0.3 is 9.64 Å². The van der Waals surface area contributed by atoms with E-state index in [1.165, 1.54) is 7.11 Å². The molecule has 5 heteroatoms. The van der Waals surface area contributed by atoms with Crippen molar-refractivity contribution in [2.45, 2.75) is 18.9 Å². The molecule has 1 aliphatic rings. The van der Waals surface area contributed by atoms with Gasteiger partial charge in [0.1, 0.15) is 0 Å². The molecule has 2 rings (SSSR count). The summed E-state index contributed by atoms with van der Waals surface area (Å²) in [6, 6.07) is 2.34. The first-order valence-corrected chi connectivity index (χ1v) is 5.13. The second-order valence-electron chi connectivity index (χ2n) is 3.67. The molecule has 1 aliphatic heterocycles. The first-order valence-electron chi connectivity index (χ1n) is 5.13. The molecule has 0 atom stereocenters. The molecule has 82 valence electrons. The largest absolute Gasteiger partial charge is 0.453 e. The van der Waals surface area contributed by atoms with Crippen molar-refractivity contribution < 1.29 is 9.53 Å². The number of ether oxygens (including phenoxy) is 1. The Balaban J connectivity index is 1.90. The zero-order valence-electron chi connectivity index (χ0n) is 8.80. The van der Waals surface area contributed by atoms with E-state index in [1.54, 1.807) is 11.1 Å². The van der Waals surface area contributed by atoms with Crippen molar-refractivity contribution in [1.29, 1.82) is 0 Å². The molecule has 5 nitrogen and oxygen atoms in total. The number of aromatic nitrogens is 2. The molecule has 0 saturated carbocycles. The van der Waals surface area contributed by atoms with E-state index in [0.29, 0.717) is 6.04 Å². The van der Waals surface area contributed by atoms with Crippen molar-refractivity contribution in [2.75, 3.05) is 20.2 Å². The van der Waals surface area contributed by atoms with Crippen LogP contribution in [0.2, 0.25) is 0 Å². The van der Waals surface area contributed by atoms with E-state index in [2.05, 4.69) is 9.84 Å². The van der Waals surface area contributed by atoms with Gasteiger partial charge in [0.25, 0.3) is 0 Å². The third-order valence-corrected chi connectivity index (χ3v) is 2.80. The number of carbonyl (C=O) groups excluding carboxylic acids is 1. The first-order chi connectivity index (χ1) is 7.31. The number of nitrogens with zero attached hydrogens (tertiary/aromatic N) is 3. The lowest BCUT2D eigenvalue weighted by Crippen LogP contribution is -2.39. The molecule has 1 fully saturated rings. The second-order valence-corrected chi connectivity index (χ2v) is 3.67. The van der Waals surface area contributed by atoms with Gasteiger partial charge >= 0.3 is 6.09 Å². The fraction of sp³-hybridized carbons (Fsp3) is 0.600. The van der Waals surface area contributed by atoms with Crippen LogP contribution in [0.4, 0.5) is 4.79 Å². The number of rotatable bonds is 1. The molecule has 0 spiro atoms. The summed E-state index contributed by atoms with van der Waals surface area (Å²) in [5, 5.41) is 4.21. The molecule has 0 radical (unpaired) electrons. The van der Waals surface area contributed by atoms with E-state index in [1.807, 2.05) is 16.9 Å². The van der Waals surface area contributed by atoms with Gasteiger partial charge in [-0.15, -0.1) is 0 Å². The molecule has 0 bridgehead atoms. The van der Waals surface area contributed by atoms with Crippen LogP contribution in [0.15, 0.2) is 18.5 Å². The van der Waals surface area contributed by atoms with E-state index < -0.39 is 0 Å². The Morgan fingerprint density at radius 3 is 2.73 bits per heavy atom. The van der Waals surface area contributed by atoms with Crippen molar-refractivity contribution in [3.05, 3.63) is 18.5 Å². The van der Waals surface area contributed by atoms with Crippen LogP contribution >= 0.6 is 0 Å². The number of amides is 1. The van der Waals surface area contributed by atoms with E-state index in [-0.39, 0.29) is 6.09 Å². The van der Waals surface area contributed by atoms with Gasteiger partial charge in [-0.3, -0.25) is 4.68 Å². The summed E-state index contributed by atoms with van der Waals surface area (Å²) in [7, 11) is 1.42. The molecule has 0 N–H and O–H groups in total. The van der Waals surface area contributed by atoms with E-state index >= 15 is 0 Å². The monoisotopic (exact) mass is 209 g/mol. The van der Waals surface area contributed by atoms with Crippen LogP contribution in [-0.4, -0.2) is 41.0 Å². The Morgan fingerprint density at radius 1 is 1.47 bits per heavy atom. The van der Waals surface area contributed by atoms with Crippen LogP contribution in [0.5, 0.6) is 0 Å². The van der Waals surface area contributed by atoms with Crippen molar-refractivity contribution in [3.8, 4) is 0 Å². The third-order valence-electron chi connectivity index (χ3n) is 2.80. The molecular formula is C10H15N3O2. The normalized spacial score (nSPS) is 17.8. The Kier molecular flexibility index (Phi) is 2.89. The van der Waals surface area contributed by atoms with Crippen molar-refractivity contribution >= 4 is 6.09 Å². The molecular weight excluding hydrogens is 194 g/mol. The zero-order chi connectivity index (χ0) is 10.7. The summed E-state index contributed by atoms with van der Waals surface area (Å²) in [4.78, 5) is 13.0. The Hall–Kier alpha value is -1.52. The molecule has 1 aromatic rings. The summed E-state index contributed by atoms with van der Waals surface area (Å²) in [6.45, 7) is 1.49. The molecule has 15 heavy (non-hydrogen) atoms. The highest BCUT2D eigenvalue weighted by Gasteiger charge is 2.23. The predicted molar refractivity (Wildman–Crippen MR) is 54.5 cm³/mol. The lowest BCUT2D eigenvalue weighted by Gasteiger charge is -2.30. The zero-order valence-corrected chi connectivity index (χ0v) is 8.80. The smallest absolute Gasteiger partial charge is 0.409 e. The molecule has 1 aromatic heterocycles. The summed E-state index contributed by atoms with van der Waals surface area (Å²) in [5.41, 5.74) is 0. The van der Waals surface area contributed by atoms with Crippen molar-refractivity contribution in [2.24, 2.45) is 0 Å². The van der Waals surface area contributed by atoms with E-state index in [4.69, 9.17) is 0 Å². The highest BCUT2D eigenvalue weighted by molar-refractivity contribution is 5.67. The standard InChI is InChI=1S/C10H15N3O2/c1-15-10(14)12-7-3-9(4-8-12)13-6-2-5-11-13/h2,5-6,9H,3-4,7-8H2,1H3. The number of likely N-dealkylation sites (tertiary alicyclic amines) is 1. The number of hydrogen-bond donors (Lipinski definition) is 0. The van der Waals surface area contributed by atoms with Crippen molar-refractivity contribution in [1.82, 2.24) is 14.7 Å². The first kappa shape index (κ1) is 10.0. The lowest BCUT2D eigenvalue weighted by molar-refractivity contribution is 0.105. The molecule has 2 heterocycles. The maximum Gasteiger partial charge on any atom is 0.409 e. The maximum atomic E-state index is 11.2. The van der Waals surface area contributed by atoms with Gasteiger partial charge in [-0.25, -0.2) is 4.79 Å². The van der Waals surface area contributed by atoms with Crippen LogP contribution < -0.4 is 0 Å². The number of carbonyl (C=O) groups is 1. The van der Waals surface area contributed by atoms with Gasteiger partial charge in [0.05, 0.1) is 13.2 Å². The molecule has 0 aromatic carbocycles. The topological polar surface area (TPSA) is 47.4 Å². The van der Waals surface area contributed by atoms with Gasteiger partial charge in [0, 0.05) is 25.5 Å². The van der Waals surface area contributed by atoms with Crippen LogP contribution in [0.3, 0.4) is 0 Å². The summed E-state index contributed by atoms with van der Waals surface area (Å²) in [5.74, 6) is 0. The second kappa shape index (κ2) is 4.33. The Bertz CT molecular complexity index is 315. The summed E-state index contributed by atoms with van der Waals surface area (Å²) >= 11 is 0. The number of methoxy groups -OCH3 is 1. The number of piperidine rings is 1. The summed E-state index contributed by atoms with van der Waals surface area (Å²) in [6.07, 6.45) is 5.41. The quantitative estimate of drug-likeness (QED) is 0.700. The molecule has 0 unspecified atom stereocenters. The average Bonchev–Trinajstić information content (AvgIpc) is 2.82. The Morgan fingerprint density at radius 2 is 2.20 bits per heavy atom. The minimum atomic E-state index is -0.228. The Labute approximate surface area is 88.6 Å². The maximum absolute atomic E-state index is 11.2. The van der Waals surface area contributed by atoms with Crippen molar-refractivity contribution in [3.63, 3.8) is 0 Å². The lowest BCUT2D eigenvalue weighted by atomic mass is 10.1. The van der Waals surface area contributed by atoms with Gasteiger partial charge in [-0.2, -0.15) is 5.10 Å². The SMILES string of the molecule is COC(=O)N1CCC(n2cccn2)CC1. The highest BCUT2D eigenvalue weighted by atomic mass is 16.5. The van der Waals surface area contributed by atoms with Crippen LogP contribution in [-0.2, 0) is 4.74 Å². The fourth-order valence-corrected chi connectivity index (χ4v) is 1.94. The molecule has 1 saturated heterocycles. The molecule has 0 aliphatic carbocycles. The fourth-order valence-electron chi connectivity index (χ4n) is 1.94. The highest BCUT2D eigenvalue weighted by Crippen LogP contribution is 2.21.